The lowest BCUT2D eigenvalue weighted by molar-refractivity contribution is -0.117. The van der Waals surface area contributed by atoms with Gasteiger partial charge in [0, 0.05) is 26.2 Å². The minimum absolute atomic E-state index is 0.741. The molecule has 0 spiro atoms. The first-order valence-electron chi connectivity index (χ1n) is 3.80. The van der Waals surface area contributed by atoms with Crippen LogP contribution in [0.25, 0.3) is 0 Å². The maximum atomic E-state index is 10.3. The maximum Gasteiger partial charge on any atom is 0.209 e. The molecule has 0 bridgehead atoms. The van der Waals surface area contributed by atoms with Crippen LogP contribution in [0.4, 0.5) is 0 Å². The predicted molar refractivity (Wildman–Crippen MR) is 37.5 cm³/mol. The minimum atomic E-state index is 0.741. The first-order valence-corrected chi connectivity index (χ1v) is 3.80. The zero-order valence-electron chi connectivity index (χ0n) is 5.92. The predicted octanol–water partition coefficient (Wildman–Crippen LogP) is -0.706. The molecule has 2 aliphatic rings. The van der Waals surface area contributed by atoms with Gasteiger partial charge in [-0.3, -0.25) is 4.79 Å². The standard InChI is InChI=1S/C7H12N2O/c10-5-9-3-6-1-8-2-7(6)4-9/h5-8H,1-4H2/t6-,7+. The summed E-state index contributed by atoms with van der Waals surface area (Å²) in [7, 11) is 0. The summed E-state index contributed by atoms with van der Waals surface area (Å²) < 4.78 is 0. The summed E-state index contributed by atoms with van der Waals surface area (Å²) in [4.78, 5) is 12.2. The van der Waals surface area contributed by atoms with Gasteiger partial charge in [0.2, 0.25) is 6.41 Å². The van der Waals surface area contributed by atoms with Crippen LogP contribution in [0.5, 0.6) is 0 Å². The minimum Gasteiger partial charge on any atom is -0.345 e. The van der Waals surface area contributed by atoms with E-state index in [4.69, 9.17) is 0 Å². The van der Waals surface area contributed by atoms with Crippen molar-refractivity contribution in [1.82, 2.24) is 10.2 Å². The monoisotopic (exact) mass is 140 g/mol. The molecule has 56 valence electrons. The maximum absolute atomic E-state index is 10.3. The molecule has 0 aromatic heterocycles. The Morgan fingerprint density at radius 1 is 1.30 bits per heavy atom. The van der Waals surface area contributed by atoms with Crippen LogP contribution in [0.3, 0.4) is 0 Å². The molecule has 3 heteroatoms. The number of carbonyl (C=O) groups excluding carboxylic acids is 1. The molecule has 2 fully saturated rings. The van der Waals surface area contributed by atoms with Gasteiger partial charge in [0.1, 0.15) is 0 Å². The van der Waals surface area contributed by atoms with E-state index in [0.29, 0.717) is 0 Å². The van der Waals surface area contributed by atoms with Crippen LogP contribution in [0.15, 0.2) is 0 Å². The Morgan fingerprint density at radius 3 is 2.40 bits per heavy atom. The van der Waals surface area contributed by atoms with Crippen LogP contribution in [0.2, 0.25) is 0 Å². The molecule has 0 unspecified atom stereocenters. The van der Waals surface area contributed by atoms with E-state index in [1.807, 2.05) is 4.90 Å². The van der Waals surface area contributed by atoms with Crippen molar-refractivity contribution in [3.8, 4) is 0 Å². The lowest BCUT2D eigenvalue weighted by atomic mass is 10.0. The summed E-state index contributed by atoms with van der Waals surface area (Å²) in [6.07, 6.45) is 0.971. The van der Waals surface area contributed by atoms with E-state index in [2.05, 4.69) is 5.32 Å². The zero-order chi connectivity index (χ0) is 6.97. The van der Waals surface area contributed by atoms with Crippen molar-refractivity contribution in [3.63, 3.8) is 0 Å². The lowest BCUT2D eigenvalue weighted by Crippen LogP contribution is -2.24. The van der Waals surface area contributed by atoms with Crippen LogP contribution in [-0.4, -0.2) is 37.5 Å². The second-order valence-corrected chi connectivity index (χ2v) is 3.24. The summed E-state index contributed by atoms with van der Waals surface area (Å²) in [5.74, 6) is 1.48. The Bertz CT molecular complexity index is 137. The smallest absolute Gasteiger partial charge is 0.209 e. The van der Waals surface area contributed by atoms with Crippen molar-refractivity contribution in [2.24, 2.45) is 11.8 Å². The first-order chi connectivity index (χ1) is 4.90. The highest BCUT2D eigenvalue weighted by atomic mass is 16.1. The fourth-order valence-electron chi connectivity index (χ4n) is 1.98. The van der Waals surface area contributed by atoms with Crippen LogP contribution in [0.1, 0.15) is 0 Å². The average molecular weight is 140 g/mol. The van der Waals surface area contributed by atoms with Crippen LogP contribution < -0.4 is 5.32 Å². The van der Waals surface area contributed by atoms with Gasteiger partial charge in [-0.25, -0.2) is 0 Å². The zero-order valence-corrected chi connectivity index (χ0v) is 5.92. The Morgan fingerprint density at radius 2 is 1.90 bits per heavy atom. The molecule has 0 radical (unpaired) electrons. The van der Waals surface area contributed by atoms with E-state index in [1.165, 1.54) is 0 Å². The molecular formula is C7H12N2O. The van der Waals surface area contributed by atoms with Gasteiger partial charge in [-0.15, -0.1) is 0 Å². The SMILES string of the molecule is O=CN1C[C@H]2CNC[C@H]2C1. The molecule has 0 aromatic rings. The Labute approximate surface area is 60.4 Å². The van der Waals surface area contributed by atoms with Gasteiger partial charge in [-0.1, -0.05) is 0 Å². The topological polar surface area (TPSA) is 32.3 Å². The van der Waals surface area contributed by atoms with Gasteiger partial charge in [0.25, 0.3) is 0 Å². The second kappa shape index (κ2) is 2.23. The van der Waals surface area contributed by atoms with Crippen molar-refractivity contribution in [2.45, 2.75) is 0 Å². The highest BCUT2D eigenvalue weighted by Gasteiger charge is 2.35. The van der Waals surface area contributed by atoms with Crippen molar-refractivity contribution in [3.05, 3.63) is 0 Å². The lowest BCUT2D eigenvalue weighted by Gasteiger charge is -2.08. The Balaban J connectivity index is 1.99. The number of hydrogen-bond donors (Lipinski definition) is 1. The van der Waals surface area contributed by atoms with Gasteiger partial charge < -0.3 is 10.2 Å². The molecule has 1 amide bonds. The number of rotatable bonds is 1. The molecule has 0 aliphatic carbocycles. The second-order valence-electron chi connectivity index (χ2n) is 3.24. The molecule has 10 heavy (non-hydrogen) atoms. The third-order valence-electron chi connectivity index (χ3n) is 2.57. The van der Waals surface area contributed by atoms with Crippen molar-refractivity contribution < 1.29 is 4.79 Å². The highest BCUT2D eigenvalue weighted by Crippen LogP contribution is 2.24. The van der Waals surface area contributed by atoms with Gasteiger partial charge in [-0.05, 0) is 11.8 Å². The van der Waals surface area contributed by atoms with E-state index in [1.54, 1.807) is 0 Å². The van der Waals surface area contributed by atoms with Crippen LogP contribution in [-0.2, 0) is 4.79 Å². The number of carbonyl (C=O) groups is 1. The summed E-state index contributed by atoms with van der Waals surface area (Å²) >= 11 is 0. The number of fused-ring (bicyclic) bond motifs is 1. The third kappa shape index (κ3) is 0.814. The summed E-state index contributed by atoms with van der Waals surface area (Å²) in [5, 5.41) is 3.33. The molecule has 0 aromatic carbocycles. The fraction of sp³-hybridized carbons (Fsp3) is 0.857. The van der Waals surface area contributed by atoms with E-state index in [9.17, 15) is 4.79 Å². The molecule has 1 N–H and O–H groups in total. The molecule has 2 atom stereocenters. The molecular weight excluding hydrogens is 128 g/mol. The molecule has 2 rings (SSSR count). The largest absolute Gasteiger partial charge is 0.345 e. The van der Waals surface area contributed by atoms with Gasteiger partial charge in [0.15, 0.2) is 0 Å². The number of hydrogen-bond acceptors (Lipinski definition) is 2. The number of likely N-dealkylation sites (tertiary alicyclic amines) is 1. The summed E-state index contributed by atoms with van der Waals surface area (Å²) in [6.45, 7) is 4.16. The first kappa shape index (κ1) is 6.16. The van der Waals surface area contributed by atoms with Crippen LogP contribution in [0, 0.1) is 11.8 Å². The van der Waals surface area contributed by atoms with Crippen LogP contribution >= 0.6 is 0 Å². The van der Waals surface area contributed by atoms with E-state index in [-0.39, 0.29) is 0 Å². The summed E-state index contributed by atoms with van der Waals surface area (Å²) in [5.41, 5.74) is 0. The van der Waals surface area contributed by atoms with Gasteiger partial charge in [-0.2, -0.15) is 0 Å². The van der Waals surface area contributed by atoms with Gasteiger partial charge in [0.05, 0.1) is 0 Å². The highest BCUT2D eigenvalue weighted by molar-refractivity contribution is 5.47. The molecule has 0 saturated carbocycles. The Kier molecular flexibility index (Phi) is 1.38. The normalized spacial score (nSPS) is 38.2. The molecule has 2 heterocycles. The number of amides is 1. The van der Waals surface area contributed by atoms with Gasteiger partial charge >= 0.3 is 0 Å². The fourth-order valence-corrected chi connectivity index (χ4v) is 1.98. The molecule has 2 saturated heterocycles. The average Bonchev–Trinajstić information content (AvgIpc) is 2.42. The van der Waals surface area contributed by atoms with Crippen molar-refractivity contribution in [1.29, 1.82) is 0 Å². The van der Waals surface area contributed by atoms with Crippen molar-refractivity contribution in [2.75, 3.05) is 26.2 Å². The molecule has 2 aliphatic heterocycles. The molecule has 3 nitrogen and oxygen atoms in total. The van der Waals surface area contributed by atoms with Crippen molar-refractivity contribution >= 4 is 6.41 Å². The quantitative estimate of drug-likeness (QED) is 0.488. The van der Waals surface area contributed by atoms with E-state index in [0.717, 1.165) is 44.4 Å². The van der Waals surface area contributed by atoms with E-state index >= 15 is 0 Å². The number of nitrogens with one attached hydrogen (secondary N) is 1. The Hall–Kier alpha value is -0.570. The summed E-state index contributed by atoms with van der Waals surface area (Å²) in [6, 6.07) is 0. The third-order valence-corrected chi connectivity index (χ3v) is 2.57. The van der Waals surface area contributed by atoms with E-state index < -0.39 is 0 Å². The number of nitrogens with zero attached hydrogens (tertiary/aromatic N) is 1.